The fraction of sp³-hybridized carbons (Fsp3) is 0.250. The van der Waals surface area contributed by atoms with Crippen LogP contribution >= 0.6 is 0 Å². The van der Waals surface area contributed by atoms with Gasteiger partial charge in [0.25, 0.3) is 11.8 Å². The van der Waals surface area contributed by atoms with E-state index in [9.17, 15) is 27.6 Å². The van der Waals surface area contributed by atoms with Gasteiger partial charge in [0, 0.05) is 5.69 Å². The van der Waals surface area contributed by atoms with Crippen LogP contribution in [0.25, 0.3) is 0 Å². The van der Waals surface area contributed by atoms with Gasteiger partial charge in [-0.05, 0) is 42.5 Å². The van der Waals surface area contributed by atoms with Crippen molar-refractivity contribution < 1.29 is 32.3 Å². The lowest BCUT2D eigenvalue weighted by Crippen LogP contribution is -2.43. The van der Waals surface area contributed by atoms with Crippen LogP contribution in [0.2, 0.25) is 0 Å². The molecule has 12 heteroatoms. The highest BCUT2D eigenvalue weighted by Crippen LogP contribution is 2.33. The second kappa shape index (κ2) is 7.94. The normalized spacial score (nSPS) is 20.0. The Bertz CT molecular complexity index is 1100. The van der Waals surface area contributed by atoms with Crippen LogP contribution in [0.1, 0.15) is 5.56 Å². The quantitative estimate of drug-likeness (QED) is 0.710. The number of amides is 3. The van der Waals surface area contributed by atoms with Crippen LogP contribution in [0.3, 0.4) is 0 Å². The van der Waals surface area contributed by atoms with Crippen molar-refractivity contribution in [1.29, 1.82) is 0 Å². The zero-order valence-electron chi connectivity index (χ0n) is 16.5. The van der Waals surface area contributed by atoms with E-state index < -0.39 is 48.1 Å². The number of benzene rings is 2. The van der Waals surface area contributed by atoms with Crippen LogP contribution in [-0.2, 0) is 20.6 Å². The van der Waals surface area contributed by atoms with Gasteiger partial charge < -0.3 is 10.1 Å². The van der Waals surface area contributed by atoms with Gasteiger partial charge in [-0.1, -0.05) is 11.3 Å². The monoisotopic (exact) mass is 447 g/mol. The van der Waals surface area contributed by atoms with E-state index in [4.69, 9.17) is 4.74 Å². The number of methoxy groups -OCH3 is 1. The van der Waals surface area contributed by atoms with Gasteiger partial charge >= 0.3 is 6.18 Å². The minimum absolute atomic E-state index is 0.0637. The summed E-state index contributed by atoms with van der Waals surface area (Å²) in [4.78, 5) is 38.9. The molecule has 0 saturated carbocycles. The van der Waals surface area contributed by atoms with Gasteiger partial charge in [-0.15, -0.1) is 0 Å². The third kappa shape index (κ3) is 3.86. The number of hydrogen-bond donors (Lipinski definition) is 1. The summed E-state index contributed by atoms with van der Waals surface area (Å²) in [7, 11) is 1.48. The van der Waals surface area contributed by atoms with Crippen molar-refractivity contribution >= 4 is 29.1 Å². The summed E-state index contributed by atoms with van der Waals surface area (Å²) in [5.41, 5.74) is -0.659. The van der Waals surface area contributed by atoms with Crippen molar-refractivity contribution in [2.45, 2.75) is 18.3 Å². The van der Waals surface area contributed by atoms with Gasteiger partial charge in [0.15, 0.2) is 12.1 Å². The van der Waals surface area contributed by atoms with Crippen LogP contribution in [0.4, 0.5) is 24.5 Å². The molecule has 4 rings (SSSR count). The SMILES string of the molecule is COc1ccc(N2C(=O)[C@@H]3N=NN(CC(=O)Nc4cccc(C(F)(F)F)c4)[C@H]3C2=O)cc1. The largest absolute Gasteiger partial charge is 0.497 e. The van der Waals surface area contributed by atoms with E-state index in [0.717, 1.165) is 28.1 Å². The lowest BCUT2D eigenvalue weighted by Gasteiger charge is -2.20. The van der Waals surface area contributed by atoms with Gasteiger partial charge in [-0.25, -0.2) is 4.90 Å². The maximum absolute atomic E-state index is 12.9. The smallest absolute Gasteiger partial charge is 0.416 e. The number of rotatable bonds is 5. The molecule has 2 aromatic rings. The molecule has 2 heterocycles. The van der Waals surface area contributed by atoms with E-state index in [2.05, 4.69) is 15.7 Å². The summed E-state index contributed by atoms with van der Waals surface area (Å²) < 4.78 is 43.6. The van der Waals surface area contributed by atoms with Crippen molar-refractivity contribution in [3.05, 3.63) is 54.1 Å². The first kappa shape index (κ1) is 21.3. The minimum Gasteiger partial charge on any atom is -0.497 e. The molecule has 3 amide bonds. The van der Waals surface area contributed by atoms with Gasteiger partial charge in [-0.2, -0.15) is 18.3 Å². The number of hydrogen-bond acceptors (Lipinski definition) is 7. The highest BCUT2D eigenvalue weighted by molar-refractivity contribution is 6.25. The molecule has 0 unspecified atom stereocenters. The summed E-state index contributed by atoms with van der Waals surface area (Å²) in [5.74, 6) is -1.37. The first-order chi connectivity index (χ1) is 15.2. The molecular formula is C20H16F3N5O4. The van der Waals surface area contributed by atoms with E-state index in [1.165, 1.54) is 25.3 Å². The van der Waals surface area contributed by atoms with E-state index in [0.29, 0.717) is 11.4 Å². The zero-order chi connectivity index (χ0) is 23.0. The Morgan fingerprint density at radius 2 is 1.84 bits per heavy atom. The molecular weight excluding hydrogens is 431 g/mol. The van der Waals surface area contributed by atoms with Gasteiger partial charge in [-0.3, -0.25) is 19.4 Å². The maximum Gasteiger partial charge on any atom is 0.416 e. The Hall–Kier alpha value is -3.96. The Morgan fingerprint density at radius 3 is 2.50 bits per heavy atom. The zero-order valence-corrected chi connectivity index (χ0v) is 16.5. The molecule has 1 fully saturated rings. The lowest BCUT2D eigenvalue weighted by molar-refractivity contribution is -0.137. The van der Waals surface area contributed by atoms with Crippen LogP contribution in [0.15, 0.2) is 58.9 Å². The third-order valence-electron chi connectivity index (χ3n) is 4.97. The second-order valence-corrected chi connectivity index (χ2v) is 7.03. The molecule has 2 atom stereocenters. The lowest BCUT2D eigenvalue weighted by atomic mass is 10.1. The van der Waals surface area contributed by atoms with E-state index in [-0.39, 0.29) is 5.69 Å². The summed E-state index contributed by atoms with van der Waals surface area (Å²) in [6.07, 6.45) is -4.56. The Morgan fingerprint density at radius 1 is 1.12 bits per heavy atom. The molecule has 2 aliphatic rings. The number of imide groups is 1. The van der Waals surface area contributed by atoms with E-state index in [1.807, 2.05) is 0 Å². The molecule has 2 aliphatic heterocycles. The predicted molar refractivity (Wildman–Crippen MR) is 105 cm³/mol. The standard InChI is InChI=1S/C20H16F3N5O4/c1-32-14-7-5-13(6-8-14)28-18(30)16-17(19(28)31)27(26-25-16)10-15(29)24-12-4-2-3-11(9-12)20(21,22)23/h2-9,16-17H,10H2,1H3,(H,24,29)/t16-,17-/m1/s1. The molecule has 0 bridgehead atoms. The molecule has 2 aromatic carbocycles. The summed E-state index contributed by atoms with van der Waals surface area (Å²) in [5, 5.41) is 10.9. The summed E-state index contributed by atoms with van der Waals surface area (Å²) >= 11 is 0. The molecule has 9 nitrogen and oxygen atoms in total. The van der Waals surface area contributed by atoms with Crippen LogP contribution in [0.5, 0.6) is 5.75 Å². The Balaban J connectivity index is 1.46. The number of fused-ring (bicyclic) bond motifs is 1. The Labute approximate surface area is 179 Å². The average Bonchev–Trinajstić information content (AvgIpc) is 3.27. The fourth-order valence-electron chi connectivity index (χ4n) is 3.46. The number of carbonyl (C=O) groups is 3. The number of nitrogens with one attached hydrogen (secondary N) is 1. The molecule has 0 aliphatic carbocycles. The molecule has 1 saturated heterocycles. The van der Waals surface area contributed by atoms with Crippen molar-refractivity contribution in [2.24, 2.45) is 10.3 Å². The van der Waals surface area contributed by atoms with E-state index in [1.54, 1.807) is 12.1 Å². The minimum atomic E-state index is -4.56. The molecule has 166 valence electrons. The number of anilines is 2. The average molecular weight is 447 g/mol. The van der Waals surface area contributed by atoms with Crippen molar-refractivity contribution in [3.63, 3.8) is 0 Å². The number of alkyl halides is 3. The maximum atomic E-state index is 12.9. The molecule has 0 radical (unpaired) electrons. The topological polar surface area (TPSA) is 104 Å². The van der Waals surface area contributed by atoms with Gasteiger partial charge in [0.2, 0.25) is 5.91 Å². The van der Waals surface area contributed by atoms with E-state index >= 15 is 0 Å². The highest BCUT2D eigenvalue weighted by atomic mass is 19.4. The van der Waals surface area contributed by atoms with Crippen molar-refractivity contribution in [1.82, 2.24) is 5.01 Å². The Kier molecular flexibility index (Phi) is 5.28. The number of nitrogens with zero attached hydrogens (tertiary/aromatic N) is 4. The predicted octanol–water partition coefficient (Wildman–Crippen LogP) is 2.65. The van der Waals surface area contributed by atoms with Crippen molar-refractivity contribution in [2.75, 3.05) is 23.9 Å². The number of halogens is 3. The summed E-state index contributed by atoms with van der Waals surface area (Å²) in [6.45, 7) is -0.476. The number of carbonyl (C=O) groups excluding carboxylic acids is 3. The first-order valence-corrected chi connectivity index (χ1v) is 9.35. The van der Waals surface area contributed by atoms with Crippen molar-refractivity contribution in [3.8, 4) is 5.75 Å². The molecule has 0 spiro atoms. The molecule has 0 aromatic heterocycles. The highest BCUT2D eigenvalue weighted by Gasteiger charge is 2.55. The van der Waals surface area contributed by atoms with Crippen LogP contribution in [0, 0.1) is 0 Å². The van der Waals surface area contributed by atoms with Crippen LogP contribution < -0.4 is 15.0 Å². The summed E-state index contributed by atoms with van der Waals surface area (Å²) in [6, 6.07) is 8.18. The first-order valence-electron chi connectivity index (χ1n) is 9.35. The fourth-order valence-corrected chi connectivity index (χ4v) is 3.46. The molecule has 32 heavy (non-hydrogen) atoms. The van der Waals surface area contributed by atoms with Crippen LogP contribution in [-0.4, -0.2) is 48.5 Å². The van der Waals surface area contributed by atoms with Gasteiger partial charge in [0.1, 0.15) is 12.3 Å². The second-order valence-electron chi connectivity index (χ2n) is 7.03. The van der Waals surface area contributed by atoms with Gasteiger partial charge in [0.05, 0.1) is 18.4 Å². The molecule has 1 N–H and O–H groups in total. The number of ether oxygens (including phenoxy) is 1. The third-order valence-corrected chi connectivity index (χ3v) is 4.97.